The Hall–Kier alpha value is -0.700. The van der Waals surface area contributed by atoms with E-state index in [1.54, 1.807) is 14.2 Å². The number of methoxy groups -OCH3 is 2. The molecule has 0 fully saturated rings. The van der Waals surface area contributed by atoms with Crippen molar-refractivity contribution in [1.29, 1.82) is 0 Å². The number of hydrogen-bond donors (Lipinski definition) is 0. The molecule has 0 amide bonds. The lowest BCUT2D eigenvalue weighted by Crippen LogP contribution is -1.98. The summed E-state index contributed by atoms with van der Waals surface area (Å²) in [6, 6.07) is 5.90. The fraction of sp³-hybridized carbons (Fsp3) is 0.500. The Kier molecular flexibility index (Phi) is 4.95. The summed E-state index contributed by atoms with van der Waals surface area (Å²) in [4.78, 5) is 0.522. The van der Waals surface area contributed by atoms with E-state index in [2.05, 4.69) is 22.9 Å². The molecule has 0 aliphatic rings. The van der Waals surface area contributed by atoms with E-state index in [1.165, 1.54) is 5.56 Å². The Labute approximate surface area is 99.7 Å². The molecule has 0 radical (unpaired) electrons. The van der Waals surface area contributed by atoms with Crippen LogP contribution in [0.15, 0.2) is 18.2 Å². The summed E-state index contributed by atoms with van der Waals surface area (Å²) in [6.07, 6.45) is 2.08. The average Bonchev–Trinajstić information content (AvgIpc) is 2.25. The second-order valence-electron chi connectivity index (χ2n) is 3.50. The predicted molar refractivity (Wildman–Crippen MR) is 66.3 cm³/mol. The lowest BCUT2D eigenvalue weighted by Gasteiger charge is -2.11. The molecule has 0 bridgehead atoms. The van der Waals surface area contributed by atoms with Crippen molar-refractivity contribution in [3.63, 3.8) is 0 Å². The highest BCUT2D eigenvalue weighted by atomic mass is 79.9. The summed E-state index contributed by atoms with van der Waals surface area (Å²) in [7, 11) is 3.38. The third-order valence-electron chi connectivity index (χ3n) is 2.30. The molecule has 1 aromatic rings. The van der Waals surface area contributed by atoms with Crippen molar-refractivity contribution in [2.45, 2.75) is 24.6 Å². The second-order valence-corrected chi connectivity index (χ2v) is 5.06. The molecule has 1 rings (SSSR count). The zero-order chi connectivity index (χ0) is 11.3. The Bertz CT molecular complexity index is 310. The first-order valence-electron chi connectivity index (χ1n) is 5.02. The van der Waals surface area contributed by atoms with Gasteiger partial charge in [-0.3, -0.25) is 0 Å². The molecular formula is C12H17BrO2. The number of alkyl halides is 1. The third-order valence-corrected chi connectivity index (χ3v) is 2.76. The molecule has 2 nitrogen and oxygen atoms in total. The maximum absolute atomic E-state index is 5.31. The van der Waals surface area contributed by atoms with Crippen molar-refractivity contribution in [3.8, 4) is 11.5 Å². The van der Waals surface area contributed by atoms with Gasteiger partial charge >= 0.3 is 0 Å². The van der Waals surface area contributed by atoms with Crippen LogP contribution >= 0.6 is 15.9 Å². The van der Waals surface area contributed by atoms with E-state index < -0.39 is 0 Å². The van der Waals surface area contributed by atoms with E-state index in [-0.39, 0.29) is 0 Å². The number of hydrogen-bond acceptors (Lipinski definition) is 2. The largest absolute Gasteiger partial charge is 0.497 e. The SMILES string of the molecule is COc1ccc(OC)c(CCC(C)Br)c1. The molecule has 84 valence electrons. The monoisotopic (exact) mass is 272 g/mol. The van der Waals surface area contributed by atoms with Crippen molar-refractivity contribution in [2.24, 2.45) is 0 Å². The van der Waals surface area contributed by atoms with Crippen molar-refractivity contribution < 1.29 is 9.47 Å². The molecular weight excluding hydrogens is 256 g/mol. The normalized spacial score (nSPS) is 12.3. The van der Waals surface area contributed by atoms with Crippen LogP contribution in [0.2, 0.25) is 0 Å². The van der Waals surface area contributed by atoms with Crippen LogP contribution in [0.1, 0.15) is 18.9 Å². The smallest absolute Gasteiger partial charge is 0.122 e. The maximum Gasteiger partial charge on any atom is 0.122 e. The minimum atomic E-state index is 0.522. The van der Waals surface area contributed by atoms with Crippen LogP contribution in [0.25, 0.3) is 0 Å². The Balaban J connectivity index is 2.81. The summed E-state index contributed by atoms with van der Waals surface area (Å²) in [5.41, 5.74) is 1.20. The Morgan fingerprint density at radius 3 is 2.53 bits per heavy atom. The van der Waals surface area contributed by atoms with Gasteiger partial charge in [0.25, 0.3) is 0 Å². The third kappa shape index (κ3) is 3.74. The fourth-order valence-electron chi connectivity index (χ4n) is 1.43. The van der Waals surface area contributed by atoms with Crippen LogP contribution in [-0.2, 0) is 6.42 Å². The van der Waals surface area contributed by atoms with E-state index >= 15 is 0 Å². The highest BCUT2D eigenvalue weighted by molar-refractivity contribution is 9.09. The summed E-state index contributed by atoms with van der Waals surface area (Å²) in [5.74, 6) is 1.82. The van der Waals surface area contributed by atoms with E-state index in [0.29, 0.717) is 4.83 Å². The summed E-state index contributed by atoms with van der Waals surface area (Å²) >= 11 is 3.54. The van der Waals surface area contributed by atoms with E-state index in [4.69, 9.17) is 9.47 Å². The van der Waals surface area contributed by atoms with E-state index in [0.717, 1.165) is 24.3 Å². The van der Waals surface area contributed by atoms with Crippen LogP contribution in [0.5, 0.6) is 11.5 Å². The van der Waals surface area contributed by atoms with Crippen LogP contribution < -0.4 is 9.47 Å². The zero-order valence-corrected chi connectivity index (χ0v) is 11.0. The molecule has 0 spiro atoms. The molecule has 1 atom stereocenters. The van der Waals surface area contributed by atoms with Crippen LogP contribution in [0.4, 0.5) is 0 Å². The van der Waals surface area contributed by atoms with Gasteiger partial charge < -0.3 is 9.47 Å². The van der Waals surface area contributed by atoms with Crippen molar-refractivity contribution in [1.82, 2.24) is 0 Å². The molecule has 0 N–H and O–H groups in total. The quantitative estimate of drug-likeness (QED) is 0.765. The van der Waals surface area contributed by atoms with Gasteiger partial charge in [0.1, 0.15) is 11.5 Å². The number of ether oxygens (including phenoxy) is 2. The second kappa shape index (κ2) is 6.01. The van der Waals surface area contributed by atoms with E-state index in [1.807, 2.05) is 18.2 Å². The molecule has 0 saturated carbocycles. The van der Waals surface area contributed by atoms with Crippen LogP contribution in [0, 0.1) is 0 Å². The summed E-state index contributed by atoms with van der Waals surface area (Å²) in [5, 5.41) is 0. The average molecular weight is 273 g/mol. The molecule has 1 aromatic carbocycles. The number of aryl methyl sites for hydroxylation is 1. The molecule has 1 unspecified atom stereocenters. The summed E-state index contributed by atoms with van der Waals surface area (Å²) in [6.45, 7) is 2.15. The first-order valence-corrected chi connectivity index (χ1v) is 5.94. The van der Waals surface area contributed by atoms with Gasteiger partial charge in [-0.1, -0.05) is 22.9 Å². The van der Waals surface area contributed by atoms with Crippen LogP contribution in [-0.4, -0.2) is 19.0 Å². The van der Waals surface area contributed by atoms with Gasteiger partial charge in [-0.05, 0) is 36.6 Å². The number of halogens is 1. The minimum Gasteiger partial charge on any atom is -0.497 e. The fourth-order valence-corrected chi connectivity index (χ4v) is 1.66. The molecule has 0 saturated heterocycles. The summed E-state index contributed by atoms with van der Waals surface area (Å²) < 4.78 is 10.5. The first kappa shape index (κ1) is 12.4. The van der Waals surface area contributed by atoms with Gasteiger partial charge in [0.2, 0.25) is 0 Å². The van der Waals surface area contributed by atoms with E-state index in [9.17, 15) is 0 Å². The Morgan fingerprint density at radius 1 is 1.27 bits per heavy atom. The van der Waals surface area contributed by atoms with Crippen molar-refractivity contribution >= 4 is 15.9 Å². The lowest BCUT2D eigenvalue weighted by atomic mass is 10.1. The predicted octanol–water partition coefficient (Wildman–Crippen LogP) is 3.42. The standard InChI is InChI=1S/C12H17BrO2/c1-9(13)4-5-10-8-11(14-2)6-7-12(10)15-3/h6-9H,4-5H2,1-3H3. The van der Waals surface area contributed by atoms with Gasteiger partial charge in [0.05, 0.1) is 14.2 Å². The number of benzene rings is 1. The topological polar surface area (TPSA) is 18.5 Å². The molecule has 3 heteroatoms. The van der Waals surface area contributed by atoms with Crippen molar-refractivity contribution in [3.05, 3.63) is 23.8 Å². The van der Waals surface area contributed by atoms with Gasteiger partial charge in [-0.15, -0.1) is 0 Å². The Morgan fingerprint density at radius 2 is 2.00 bits per heavy atom. The molecule has 0 aliphatic carbocycles. The molecule has 0 heterocycles. The van der Waals surface area contributed by atoms with Gasteiger partial charge in [0, 0.05) is 4.83 Å². The number of rotatable bonds is 5. The minimum absolute atomic E-state index is 0.522. The first-order chi connectivity index (χ1) is 7.17. The van der Waals surface area contributed by atoms with Gasteiger partial charge in [0.15, 0.2) is 0 Å². The van der Waals surface area contributed by atoms with Crippen LogP contribution in [0.3, 0.4) is 0 Å². The zero-order valence-electron chi connectivity index (χ0n) is 9.42. The molecule has 0 aromatic heterocycles. The van der Waals surface area contributed by atoms with Gasteiger partial charge in [-0.2, -0.15) is 0 Å². The molecule has 0 aliphatic heterocycles. The highest BCUT2D eigenvalue weighted by Crippen LogP contribution is 2.26. The lowest BCUT2D eigenvalue weighted by molar-refractivity contribution is 0.398. The van der Waals surface area contributed by atoms with Gasteiger partial charge in [-0.25, -0.2) is 0 Å². The maximum atomic E-state index is 5.31. The van der Waals surface area contributed by atoms with Crippen molar-refractivity contribution in [2.75, 3.05) is 14.2 Å². The highest BCUT2D eigenvalue weighted by Gasteiger charge is 2.06. The molecule has 15 heavy (non-hydrogen) atoms.